The van der Waals surface area contributed by atoms with Gasteiger partial charge in [0.25, 0.3) is 0 Å². The molecule has 0 bridgehead atoms. The van der Waals surface area contributed by atoms with Crippen molar-refractivity contribution in [3.8, 4) is 0 Å². The SMILES string of the molecule is Brc1c(Br)c(Br)c2n[nH]nc2c1Br.Brc1c(Br)c(Br)c2n[nH]nc2c1Br.Brc1c(Br)c(Br)c2n[nH]nc2c1Br. The van der Waals surface area contributed by atoms with Crippen LogP contribution in [0.25, 0.3) is 33.1 Å². The minimum Gasteiger partial charge on any atom is -0.197 e. The molecular formula is C18H3Br12N9. The lowest BCUT2D eigenvalue weighted by Gasteiger charge is -2.02. The molecule has 0 amide bonds. The summed E-state index contributed by atoms with van der Waals surface area (Å²) in [5.41, 5.74) is 4.76. The van der Waals surface area contributed by atoms with Crippen LogP contribution in [0, 0.1) is 0 Å². The molecule has 0 saturated heterocycles. The second-order valence-corrected chi connectivity index (χ2v) is 16.3. The van der Waals surface area contributed by atoms with Crippen LogP contribution in [0.1, 0.15) is 0 Å². The molecule has 0 fully saturated rings. The maximum absolute atomic E-state index is 4.02. The van der Waals surface area contributed by atoms with Gasteiger partial charge in [0.05, 0.1) is 26.8 Å². The highest BCUT2D eigenvalue weighted by Crippen LogP contribution is 2.43. The highest BCUT2D eigenvalue weighted by molar-refractivity contribution is 9.16. The third-order valence-corrected chi connectivity index (χ3v) is 18.8. The normalized spacial score (nSPS) is 11.1. The molecule has 3 aromatic heterocycles. The van der Waals surface area contributed by atoms with Crippen molar-refractivity contribution < 1.29 is 0 Å². The maximum Gasteiger partial charge on any atom is 0.129 e. The van der Waals surface area contributed by atoms with Gasteiger partial charge in [-0.2, -0.15) is 46.2 Å². The average molecular weight is 1300 g/mol. The van der Waals surface area contributed by atoms with Gasteiger partial charge in [-0.05, 0) is 191 Å². The maximum atomic E-state index is 4.02. The molecule has 0 spiro atoms. The predicted octanol–water partition coefficient (Wildman–Crippen LogP) is 12.0. The molecule has 3 N–H and O–H groups in total. The van der Waals surface area contributed by atoms with Gasteiger partial charge in [-0.25, -0.2) is 0 Å². The Hall–Kier alpha value is 1.62. The second-order valence-electron chi connectivity index (χ2n) is 6.83. The minimum absolute atomic E-state index is 0.793. The number of fused-ring (bicyclic) bond motifs is 3. The van der Waals surface area contributed by atoms with E-state index in [-0.39, 0.29) is 0 Å². The number of aromatic amines is 3. The van der Waals surface area contributed by atoms with Gasteiger partial charge < -0.3 is 0 Å². The lowest BCUT2D eigenvalue weighted by atomic mass is 10.3. The fourth-order valence-corrected chi connectivity index (χ4v) is 9.57. The molecule has 3 aromatic carbocycles. The molecule has 3 heterocycles. The summed E-state index contributed by atoms with van der Waals surface area (Å²) in [6.45, 7) is 0. The molecule has 0 atom stereocenters. The van der Waals surface area contributed by atoms with E-state index >= 15 is 0 Å². The van der Waals surface area contributed by atoms with Gasteiger partial charge in [0.2, 0.25) is 0 Å². The Bertz CT molecular complexity index is 1520. The summed E-state index contributed by atoms with van der Waals surface area (Å²) in [5, 5.41) is 31.8. The van der Waals surface area contributed by atoms with E-state index in [9.17, 15) is 0 Å². The van der Waals surface area contributed by atoms with Crippen LogP contribution in [-0.4, -0.2) is 46.2 Å². The van der Waals surface area contributed by atoms with Gasteiger partial charge in [0.15, 0.2) is 0 Å². The van der Waals surface area contributed by atoms with Crippen molar-refractivity contribution in [3.05, 3.63) is 53.7 Å². The van der Waals surface area contributed by atoms with Crippen LogP contribution in [-0.2, 0) is 0 Å². The smallest absolute Gasteiger partial charge is 0.129 e. The number of halogens is 12. The van der Waals surface area contributed by atoms with E-state index in [4.69, 9.17) is 0 Å². The summed E-state index contributed by atoms with van der Waals surface area (Å²) in [4.78, 5) is 0. The largest absolute Gasteiger partial charge is 0.197 e. The lowest BCUT2D eigenvalue weighted by molar-refractivity contribution is 0.958. The van der Waals surface area contributed by atoms with Crippen LogP contribution < -0.4 is 0 Å². The van der Waals surface area contributed by atoms with Crippen LogP contribution in [0.4, 0.5) is 0 Å². The van der Waals surface area contributed by atoms with E-state index in [1.54, 1.807) is 0 Å². The summed E-state index contributed by atoms with van der Waals surface area (Å²) in [6, 6.07) is 0. The molecular weight excluding hydrogens is 1300 g/mol. The van der Waals surface area contributed by atoms with Gasteiger partial charge in [-0.15, -0.1) is 0 Å². The molecule has 204 valence electrons. The Kier molecular flexibility index (Phi) is 12.2. The Morgan fingerprint density at radius 1 is 0.231 bits per heavy atom. The van der Waals surface area contributed by atoms with Gasteiger partial charge in [-0.3, -0.25) is 0 Å². The molecule has 21 heteroatoms. The first kappa shape index (κ1) is 33.5. The Labute approximate surface area is 319 Å². The van der Waals surface area contributed by atoms with Crippen LogP contribution >= 0.6 is 191 Å². The number of hydrogen-bond donors (Lipinski definition) is 3. The molecule has 0 saturated carbocycles. The van der Waals surface area contributed by atoms with Gasteiger partial charge in [0.1, 0.15) is 33.1 Å². The zero-order chi connectivity index (χ0) is 28.8. The van der Waals surface area contributed by atoms with Crippen molar-refractivity contribution in [2.24, 2.45) is 0 Å². The van der Waals surface area contributed by atoms with Crippen molar-refractivity contribution >= 4 is 224 Å². The highest BCUT2D eigenvalue weighted by atomic mass is 79.9. The van der Waals surface area contributed by atoms with Crippen LogP contribution in [0.5, 0.6) is 0 Å². The summed E-state index contributed by atoms with van der Waals surface area (Å²) < 4.78 is 10.8. The van der Waals surface area contributed by atoms with E-state index in [1.807, 2.05) is 0 Å². The number of nitrogens with zero attached hydrogens (tertiary/aromatic N) is 6. The molecule has 0 aliphatic carbocycles. The van der Waals surface area contributed by atoms with E-state index < -0.39 is 0 Å². The Morgan fingerprint density at radius 3 is 0.487 bits per heavy atom. The second kappa shape index (κ2) is 14.2. The molecule has 0 aliphatic heterocycles. The molecule has 6 aromatic rings. The third-order valence-electron chi connectivity index (χ3n) is 4.63. The standard InChI is InChI=1S/3C6HBr4N3/c3*7-1-2(8)4(10)6-5(3(1)9)11-13-12-6/h3*(H,11,12,13). The van der Waals surface area contributed by atoms with Crippen molar-refractivity contribution in [2.75, 3.05) is 0 Å². The van der Waals surface area contributed by atoms with Crippen LogP contribution in [0.3, 0.4) is 0 Å². The lowest BCUT2D eigenvalue weighted by Crippen LogP contribution is -1.80. The molecule has 6 rings (SSSR count). The number of benzene rings is 3. The fourth-order valence-electron chi connectivity index (χ4n) is 2.81. The molecule has 0 unspecified atom stereocenters. The molecule has 0 aliphatic rings. The summed E-state index contributed by atoms with van der Waals surface area (Å²) in [6.07, 6.45) is 0. The first-order valence-electron chi connectivity index (χ1n) is 9.45. The Morgan fingerprint density at radius 2 is 0.359 bits per heavy atom. The Balaban J connectivity index is 0.000000136. The third kappa shape index (κ3) is 6.68. The monoisotopic (exact) mass is 1290 g/mol. The van der Waals surface area contributed by atoms with Crippen molar-refractivity contribution in [1.29, 1.82) is 0 Å². The van der Waals surface area contributed by atoms with E-state index in [0.29, 0.717) is 0 Å². The minimum atomic E-state index is 0.793. The first-order chi connectivity index (χ1) is 18.4. The number of H-pyrrole nitrogens is 3. The first-order valence-corrected chi connectivity index (χ1v) is 19.0. The zero-order valence-corrected chi connectivity index (χ0v) is 36.8. The fraction of sp³-hybridized carbons (Fsp3) is 0. The van der Waals surface area contributed by atoms with Crippen molar-refractivity contribution in [2.45, 2.75) is 0 Å². The van der Waals surface area contributed by atoms with Crippen LogP contribution in [0.2, 0.25) is 0 Å². The number of aromatic nitrogens is 9. The van der Waals surface area contributed by atoms with E-state index in [0.717, 1.165) is 86.8 Å². The zero-order valence-electron chi connectivity index (χ0n) is 17.7. The number of rotatable bonds is 0. The van der Waals surface area contributed by atoms with Crippen LogP contribution in [0.15, 0.2) is 53.7 Å². The van der Waals surface area contributed by atoms with E-state index in [1.165, 1.54) is 0 Å². The number of nitrogens with one attached hydrogen (secondary N) is 3. The summed E-state index contributed by atoms with van der Waals surface area (Å²) >= 11 is 41.1. The average Bonchev–Trinajstić information content (AvgIpc) is 3.71. The van der Waals surface area contributed by atoms with Gasteiger partial charge in [-0.1, -0.05) is 0 Å². The summed E-state index contributed by atoms with van der Waals surface area (Å²) in [7, 11) is 0. The molecule has 39 heavy (non-hydrogen) atoms. The molecule has 9 nitrogen and oxygen atoms in total. The quantitative estimate of drug-likeness (QED) is 0.103. The molecule has 0 radical (unpaired) electrons. The van der Waals surface area contributed by atoms with Crippen molar-refractivity contribution in [1.82, 2.24) is 46.2 Å². The highest BCUT2D eigenvalue weighted by Gasteiger charge is 2.18. The summed E-state index contributed by atoms with van der Waals surface area (Å²) in [5.74, 6) is 0. The van der Waals surface area contributed by atoms with Gasteiger partial charge in [0, 0.05) is 26.8 Å². The predicted molar refractivity (Wildman–Crippen MR) is 194 cm³/mol. The topological polar surface area (TPSA) is 125 Å². The van der Waals surface area contributed by atoms with Crippen molar-refractivity contribution in [3.63, 3.8) is 0 Å². The van der Waals surface area contributed by atoms with Gasteiger partial charge >= 0.3 is 0 Å². The number of hydrogen-bond acceptors (Lipinski definition) is 6. The van der Waals surface area contributed by atoms with E-state index in [2.05, 4.69) is 237 Å².